The molecule has 0 atom stereocenters. The second-order valence-electron chi connectivity index (χ2n) is 7.94. The van der Waals surface area contributed by atoms with Gasteiger partial charge < -0.3 is 10.6 Å². The number of primary amides is 1. The first kappa shape index (κ1) is 20.0. The number of rotatable bonds is 10. The summed E-state index contributed by atoms with van der Waals surface area (Å²) in [5, 5.41) is 5.18. The van der Waals surface area contributed by atoms with Gasteiger partial charge in [-0.1, -0.05) is 13.0 Å². The van der Waals surface area contributed by atoms with Crippen molar-refractivity contribution in [3.05, 3.63) is 48.0 Å². The van der Waals surface area contributed by atoms with Crippen LogP contribution >= 0.6 is 0 Å². The zero-order chi connectivity index (χ0) is 21.1. The van der Waals surface area contributed by atoms with Gasteiger partial charge in [0.2, 0.25) is 5.91 Å². The number of ketones is 1. The number of anilines is 1. The fourth-order valence-electron chi connectivity index (χ4n) is 3.61. The molecule has 0 spiro atoms. The van der Waals surface area contributed by atoms with Crippen molar-refractivity contribution in [2.24, 2.45) is 11.7 Å². The van der Waals surface area contributed by atoms with Crippen molar-refractivity contribution in [2.75, 3.05) is 18.0 Å². The molecular weight excluding hydrogens is 380 g/mol. The predicted octanol–water partition coefficient (Wildman–Crippen LogP) is 2.36. The van der Waals surface area contributed by atoms with Gasteiger partial charge in [-0.25, -0.2) is 9.97 Å². The summed E-state index contributed by atoms with van der Waals surface area (Å²) in [6.07, 6.45) is 7.06. The number of hydrogen-bond donors (Lipinski definition) is 1. The van der Waals surface area contributed by atoms with Crippen molar-refractivity contribution in [2.45, 2.75) is 39.2 Å². The largest absolute Gasteiger partial charge is 0.368 e. The number of aromatic nitrogens is 4. The molecule has 8 nitrogen and oxygen atoms in total. The normalized spacial score (nSPS) is 13.5. The summed E-state index contributed by atoms with van der Waals surface area (Å²) in [7, 11) is 0. The molecule has 1 fully saturated rings. The molecule has 0 unspecified atom stereocenters. The molecule has 1 amide bonds. The molecule has 8 heteroatoms. The smallest absolute Gasteiger partial charge is 0.239 e. The van der Waals surface area contributed by atoms with Gasteiger partial charge in [-0.15, -0.1) is 0 Å². The SMILES string of the molecule is CCCN(CC1CC1)c1cc(C(=O)Cc2ccc3nn(CC(N)=O)cc3c2)ncn1. The van der Waals surface area contributed by atoms with Crippen LogP contribution in [0.5, 0.6) is 0 Å². The Morgan fingerprint density at radius 3 is 2.80 bits per heavy atom. The molecule has 0 saturated heterocycles. The Morgan fingerprint density at radius 1 is 1.23 bits per heavy atom. The average Bonchev–Trinajstić information content (AvgIpc) is 3.45. The first-order chi connectivity index (χ1) is 14.5. The van der Waals surface area contributed by atoms with E-state index in [1.54, 1.807) is 6.20 Å². The van der Waals surface area contributed by atoms with Gasteiger partial charge in [0, 0.05) is 37.2 Å². The van der Waals surface area contributed by atoms with Crippen LogP contribution in [0.3, 0.4) is 0 Å². The van der Waals surface area contributed by atoms with Gasteiger partial charge >= 0.3 is 0 Å². The van der Waals surface area contributed by atoms with Crippen LogP contribution in [0, 0.1) is 5.92 Å². The van der Waals surface area contributed by atoms with E-state index in [4.69, 9.17) is 5.73 Å². The monoisotopic (exact) mass is 406 g/mol. The molecule has 0 radical (unpaired) electrons. The van der Waals surface area contributed by atoms with E-state index < -0.39 is 5.91 Å². The standard InChI is InChI=1S/C22H26N6O2/c1-2-7-27(11-15-3-4-15)22-10-19(24-14-25-22)20(29)9-16-5-6-18-17(8-16)12-28(26-18)13-21(23)30/h5-6,8,10,12,14-15H,2-4,7,9,11,13H2,1H3,(H2,23,30). The van der Waals surface area contributed by atoms with E-state index in [-0.39, 0.29) is 18.7 Å². The third kappa shape index (κ3) is 4.82. The number of nitrogens with two attached hydrogens (primary N) is 1. The lowest BCUT2D eigenvalue weighted by molar-refractivity contribution is -0.118. The number of amides is 1. The van der Waals surface area contributed by atoms with Crippen molar-refractivity contribution in [1.82, 2.24) is 19.7 Å². The van der Waals surface area contributed by atoms with E-state index in [0.29, 0.717) is 5.69 Å². The molecule has 2 heterocycles. The second-order valence-corrected chi connectivity index (χ2v) is 7.94. The van der Waals surface area contributed by atoms with Crippen LogP contribution in [0.4, 0.5) is 5.82 Å². The highest BCUT2D eigenvalue weighted by Crippen LogP contribution is 2.31. The third-order valence-electron chi connectivity index (χ3n) is 5.23. The lowest BCUT2D eigenvalue weighted by atomic mass is 10.1. The molecule has 1 aromatic carbocycles. The summed E-state index contributed by atoms with van der Waals surface area (Å²) in [4.78, 5) is 34.9. The molecule has 0 bridgehead atoms. The number of fused-ring (bicyclic) bond motifs is 1. The van der Waals surface area contributed by atoms with E-state index in [2.05, 4.69) is 26.9 Å². The minimum Gasteiger partial charge on any atom is -0.368 e. The number of carbonyl (C=O) groups is 2. The first-order valence-electron chi connectivity index (χ1n) is 10.4. The maximum absolute atomic E-state index is 12.9. The lowest BCUT2D eigenvalue weighted by Gasteiger charge is -2.23. The van der Waals surface area contributed by atoms with Crippen LogP contribution in [-0.4, -0.2) is 44.5 Å². The van der Waals surface area contributed by atoms with E-state index in [9.17, 15) is 9.59 Å². The van der Waals surface area contributed by atoms with Crippen LogP contribution < -0.4 is 10.6 Å². The summed E-state index contributed by atoms with van der Waals surface area (Å²) >= 11 is 0. The highest BCUT2D eigenvalue weighted by atomic mass is 16.1. The topological polar surface area (TPSA) is 107 Å². The number of Topliss-reactive ketones (excluding diaryl/α,β-unsaturated/α-hetero) is 1. The first-order valence-corrected chi connectivity index (χ1v) is 10.4. The molecule has 1 aliphatic carbocycles. The zero-order valence-corrected chi connectivity index (χ0v) is 17.1. The maximum Gasteiger partial charge on any atom is 0.239 e. The van der Waals surface area contributed by atoms with Crippen LogP contribution in [-0.2, 0) is 17.8 Å². The summed E-state index contributed by atoms with van der Waals surface area (Å²) in [5.41, 5.74) is 7.29. The van der Waals surface area contributed by atoms with Crippen LogP contribution in [0.15, 0.2) is 36.8 Å². The van der Waals surface area contributed by atoms with Gasteiger partial charge in [0.15, 0.2) is 5.78 Å². The summed E-state index contributed by atoms with van der Waals surface area (Å²) < 4.78 is 1.51. The number of nitrogens with zero attached hydrogens (tertiary/aromatic N) is 5. The van der Waals surface area contributed by atoms with Gasteiger partial charge in [0.25, 0.3) is 0 Å². The van der Waals surface area contributed by atoms with Crippen molar-refractivity contribution >= 4 is 28.4 Å². The van der Waals surface area contributed by atoms with Gasteiger partial charge in [0.1, 0.15) is 24.4 Å². The minimum atomic E-state index is -0.448. The molecular formula is C22H26N6O2. The van der Waals surface area contributed by atoms with Gasteiger partial charge in [-0.2, -0.15) is 5.10 Å². The van der Waals surface area contributed by atoms with Crippen molar-refractivity contribution in [1.29, 1.82) is 0 Å². The third-order valence-corrected chi connectivity index (χ3v) is 5.23. The van der Waals surface area contributed by atoms with Gasteiger partial charge in [0.05, 0.1) is 5.52 Å². The van der Waals surface area contributed by atoms with E-state index in [1.165, 1.54) is 23.9 Å². The molecule has 3 aromatic rings. The van der Waals surface area contributed by atoms with E-state index in [1.807, 2.05) is 24.3 Å². The Hall–Kier alpha value is -3.29. The quantitative estimate of drug-likeness (QED) is 0.518. The van der Waals surface area contributed by atoms with Gasteiger partial charge in [-0.3, -0.25) is 14.3 Å². The van der Waals surface area contributed by atoms with Crippen molar-refractivity contribution < 1.29 is 9.59 Å². The average molecular weight is 406 g/mol. The summed E-state index contributed by atoms with van der Waals surface area (Å²) in [6.45, 7) is 4.09. The summed E-state index contributed by atoms with van der Waals surface area (Å²) in [5.74, 6) is 1.07. The van der Waals surface area contributed by atoms with E-state index >= 15 is 0 Å². The number of carbonyl (C=O) groups excluding carboxylic acids is 2. The van der Waals surface area contributed by atoms with Crippen LogP contribution in [0.25, 0.3) is 10.9 Å². The Kier molecular flexibility index (Phi) is 5.74. The Balaban J connectivity index is 1.49. The second kappa shape index (κ2) is 8.61. The van der Waals surface area contributed by atoms with Crippen LogP contribution in [0.1, 0.15) is 42.2 Å². The van der Waals surface area contributed by atoms with Crippen LogP contribution in [0.2, 0.25) is 0 Å². The Labute approximate surface area is 175 Å². The van der Waals surface area contributed by atoms with Gasteiger partial charge in [-0.05, 0) is 42.9 Å². The molecule has 156 valence electrons. The zero-order valence-electron chi connectivity index (χ0n) is 17.1. The number of hydrogen-bond acceptors (Lipinski definition) is 6. The fourth-order valence-corrected chi connectivity index (χ4v) is 3.61. The van der Waals surface area contributed by atoms with E-state index in [0.717, 1.165) is 47.7 Å². The van der Waals surface area contributed by atoms with Crippen molar-refractivity contribution in [3.8, 4) is 0 Å². The Morgan fingerprint density at radius 2 is 2.07 bits per heavy atom. The molecule has 1 saturated carbocycles. The van der Waals surface area contributed by atoms with Crippen molar-refractivity contribution in [3.63, 3.8) is 0 Å². The maximum atomic E-state index is 12.9. The molecule has 30 heavy (non-hydrogen) atoms. The molecule has 4 rings (SSSR count). The highest BCUT2D eigenvalue weighted by Gasteiger charge is 2.25. The minimum absolute atomic E-state index is 0.0295. The highest BCUT2D eigenvalue weighted by molar-refractivity contribution is 5.96. The molecule has 1 aliphatic rings. The summed E-state index contributed by atoms with van der Waals surface area (Å²) in [6, 6.07) is 7.44. The molecule has 2 N–H and O–H groups in total. The lowest BCUT2D eigenvalue weighted by Crippen LogP contribution is -2.27. The fraction of sp³-hybridized carbons (Fsp3) is 0.409. The molecule has 2 aromatic heterocycles. The Bertz CT molecular complexity index is 1070. The predicted molar refractivity (Wildman–Crippen MR) is 114 cm³/mol. The molecule has 0 aliphatic heterocycles. The number of benzene rings is 1.